The molecule has 0 heterocycles. The number of ether oxygens (including phenoxy) is 1. The van der Waals surface area contributed by atoms with Gasteiger partial charge in [0.25, 0.3) is 0 Å². The first kappa shape index (κ1) is 29.3. The van der Waals surface area contributed by atoms with Gasteiger partial charge in [-0.05, 0) is 39.8 Å². The van der Waals surface area contributed by atoms with Crippen LogP contribution >= 0.6 is 0 Å². The summed E-state index contributed by atoms with van der Waals surface area (Å²) in [6.07, 6.45) is 3.13. The quantitative estimate of drug-likeness (QED) is 0.355. The summed E-state index contributed by atoms with van der Waals surface area (Å²) in [6.45, 7) is 17.4. The Hall–Kier alpha value is -0.734. The molecule has 0 aliphatic carbocycles. The van der Waals surface area contributed by atoms with Crippen LogP contribution in [0.25, 0.3) is 0 Å². The zero-order chi connectivity index (χ0) is 17.5. The zero-order valence-corrected chi connectivity index (χ0v) is 17.2. The first-order valence-corrected chi connectivity index (χ1v) is 6.11. The number of aliphatic carboxylic acids is 1. The number of carbonyl (C=O) groups excluding carboxylic acids is 3. The Bertz CT molecular complexity index is 373. The number of carbonyl (C=O) groups is 3. The second-order valence-corrected chi connectivity index (χ2v) is 4.42. The van der Waals surface area contributed by atoms with Crippen molar-refractivity contribution in [2.45, 2.75) is 33.2 Å². The molecule has 0 rings (SSSR count). The molecular weight excluding hydrogens is 313 g/mol. The predicted molar refractivity (Wildman–Crippen MR) is 80.1 cm³/mol. The first-order valence-electron chi connectivity index (χ1n) is 6.11. The summed E-state index contributed by atoms with van der Waals surface area (Å²) in [4.78, 5) is 29.8. The van der Waals surface area contributed by atoms with Crippen molar-refractivity contribution in [3.8, 4) is 0 Å². The third-order valence-corrected chi connectivity index (χ3v) is 1.30. The molecule has 0 atom stereocenters. The number of hydrogen-bond acceptors (Lipinski definition) is 5. The van der Waals surface area contributed by atoms with Gasteiger partial charge in [-0.1, -0.05) is 19.7 Å². The van der Waals surface area contributed by atoms with Gasteiger partial charge >= 0.3 is 57.4 Å². The Kier molecular flexibility index (Phi) is 24.4. The molecule has 6 nitrogen and oxygen atoms in total. The maximum Gasteiger partial charge on any atom is 1.00 e. The molecule has 120 valence electrons. The predicted octanol–water partition coefficient (Wildman–Crippen LogP) is -2.25. The van der Waals surface area contributed by atoms with Crippen LogP contribution in [0.3, 0.4) is 0 Å². The molecular formula is C15H24KNO5. The number of rotatable bonds is 4. The molecule has 0 saturated heterocycles. The van der Waals surface area contributed by atoms with Crippen molar-refractivity contribution in [2.24, 2.45) is 0 Å². The van der Waals surface area contributed by atoms with E-state index in [1.165, 1.54) is 6.08 Å². The molecule has 0 fully saturated rings. The molecule has 0 aliphatic rings. The van der Waals surface area contributed by atoms with Gasteiger partial charge in [-0.3, -0.25) is 4.79 Å². The number of hydrogen-bond donors (Lipinski definition) is 1. The largest absolute Gasteiger partial charge is 1.00 e. The molecule has 0 radical (unpaired) electrons. The summed E-state index contributed by atoms with van der Waals surface area (Å²) in [5, 5.41) is 11.9. The third-order valence-electron chi connectivity index (χ3n) is 1.30. The molecule has 7 heteroatoms. The van der Waals surface area contributed by atoms with E-state index in [1.807, 2.05) is 20.8 Å². The van der Waals surface area contributed by atoms with Crippen LogP contribution < -0.4 is 61.8 Å². The Morgan fingerprint density at radius 1 is 1.09 bits per heavy atom. The topological polar surface area (TPSA) is 95.5 Å². The number of nitrogens with one attached hydrogen (secondary N) is 1. The maximum absolute atomic E-state index is 10.6. The molecule has 0 unspecified atom stereocenters. The van der Waals surface area contributed by atoms with Crippen molar-refractivity contribution in [3.63, 3.8) is 0 Å². The fourth-order valence-corrected chi connectivity index (χ4v) is 0.622. The van der Waals surface area contributed by atoms with E-state index in [-0.39, 0.29) is 68.8 Å². The summed E-state index contributed by atoms with van der Waals surface area (Å²) in [7, 11) is 0. The van der Waals surface area contributed by atoms with Crippen LogP contribution in [0.15, 0.2) is 38.0 Å². The minimum atomic E-state index is -1.23. The van der Waals surface area contributed by atoms with Crippen LogP contribution in [-0.4, -0.2) is 30.0 Å². The van der Waals surface area contributed by atoms with Crippen LogP contribution in [0.1, 0.15) is 27.7 Å². The smallest absolute Gasteiger partial charge is 0.545 e. The van der Waals surface area contributed by atoms with Crippen molar-refractivity contribution in [2.75, 3.05) is 6.61 Å². The van der Waals surface area contributed by atoms with Gasteiger partial charge in [-0.2, -0.15) is 0 Å². The molecule has 0 aromatic carbocycles. The van der Waals surface area contributed by atoms with Crippen molar-refractivity contribution in [1.29, 1.82) is 0 Å². The van der Waals surface area contributed by atoms with Crippen molar-refractivity contribution < 1.29 is 75.6 Å². The second-order valence-electron chi connectivity index (χ2n) is 4.42. The summed E-state index contributed by atoms with van der Waals surface area (Å²) in [6, 6.07) is 0. The normalized spacial score (nSPS) is 8.18. The van der Waals surface area contributed by atoms with E-state index in [0.29, 0.717) is 6.61 Å². The zero-order valence-electron chi connectivity index (χ0n) is 14.1. The first-order chi connectivity index (χ1) is 9.53. The molecule has 1 amide bonds. The number of carboxylic acids is 1. The van der Waals surface area contributed by atoms with Crippen LogP contribution in [0.5, 0.6) is 0 Å². The average Bonchev–Trinajstić information content (AvgIpc) is 2.38. The standard InChI is InChI=1S/C7H13NO.C5H8O2.C3H4O2.K/c1-5-6(9)8-7(2,3)4;1-3-5(6)7-4-2;1-2-3(4)5;/h5H,1H2,2-4H3,(H,8,9);3H,1,4H2,2H3;2H,1H2,(H,4,5);/q;;;+1/p-1. The van der Waals surface area contributed by atoms with Crippen molar-refractivity contribution in [1.82, 2.24) is 5.32 Å². The van der Waals surface area contributed by atoms with Crippen molar-refractivity contribution in [3.05, 3.63) is 38.0 Å². The maximum atomic E-state index is 10.6. The molecule has 22 heavy (non-hydrogen) atoms. The van der Waals surface area contributed by atoms with Gasteiger partial charge in [0, 0.05) is 11.6 Å². The van der Waals surface area contributed by atoms with E-state index in [4.69, 9.17) is 9.90 Å². The SMILES string of the molecule is C=CC(=O)NC(C)(C)C.C=CC(=O)OCC.C=CC(=O)[O-].[K+]. The number of esters is 1. The number of carboxylic acid groups (broad SMARTS) is 1. The van der Waals surface area contributed by atoms with Gasteiger partial charge in [0.1, 0.15) is 0 Å². The van der Waals surface area contributed by atoms with Crippen LogP contribution in [0.2, 0.25) is 0 Å². The molecule has 0 saturated carbocycles. The van der Waals surface area contributed by atoms with E-state index >= 15 is 0 Å². The minimum absolute atomic E-state index is 0. The summed E-state index contributed by atoms with van der Waals surface area (Å²) in [5.41, 5.74) is -0.148. The molecule has 0 bridgehead atoms. The van der Waals surface area contributed by atoms with E-state index in [2.05, 4.69) is 29.8 Å². The molecule has 0 aliphatic heterocycles. The summed E-state index contributed by atoms with van der Waals surface area (Å²) in [5.74, 6) is -1.71. The van der Waals surface area contributed by atoms with E-state index in [1.54, 1.807) is 6.92 Å². The Morgan fingerprint density at radius 3 is 1.59 bits per heavy atom. The van der Waals surface area contributed by atoms with E-state index in [9.17, 15) is 9.59 Å². The van der Waals surface area contributed by atoms with Crippen LogP contribution in [-0.2, 0) is 19.1 Å². The second kappa shape index (κ2) is 18.3. The van der Waals surface area contributed by atoms with E-state index in [0.717, 1.165) is 12.2 Å². The minimum Gasteiger partial charge on any atom is -0.545 e. The monoisotopic (exact) mass is 337 g/mol. The van der Waals surface area contributed by atoms with Crippen LogP contribution in [0.4, 0.5) is 0 Å². The summed E-state index contributed by atoms with van der Waals surface area (Å²) >= 11 is 0. The third kappa shape index (κ3) is 36.5. The fraction of sp³-hybridized carbons (Fsp3) is 0.400. The average molecular weight is 337 g/mol. The van der Waals surface area contributed by atoms with Gasteiger partial charge in [-0.25, -0.2) is 4.79 Å². The van der Waals surface area contributed by atoms with Gasteiger partial charge in [-0.15, -0.1) is 0 Å². The summed E-state index contributed by atoms with van der Waals surface area (Å²) < 4.78 is 4.43. The number of amides is 1. The molecule has 0 spiro atoms. The molecule has 0 aromatic heterocycles. The van der Waals surface area contributed by atoms with Crippen molar-refractivity contribution >= 4 is 17.8 Å². The van der Waals surface area contributed by atoms with Gasteiger partial charge in [0.15, 0.2) is 0 Å². The van der Waals surface area contributed by atoms with Crippen LogP contribution in [0, 0.1) is 0 Å². The Labute approximate surface area is 175 Å². The molecule has 0 aromatic rings. The van der Waals surface area contributed by atoms with E-state index < -0.39 is 5.97 Å². The fourth-order valence-electron chi connectivity index (χ4n) is 0.622. The Morgan fingerprint density at radius 2 is 1.50 bits per heavy atom. The van der Waals surface area contributed by atoms with Gasteiger partial charge in [0.2, 0.25) is 5.91 Å². The van der Waals surface area contributed by atoms with Gasteiger partial charge in [0.05, 0.1) is 12.6 Å². The Balaban J connectivity index is -0.000000113. The van der Waals surface area contributed by atoms with Gasteiger partial charge < -0.3 is 20.0 Å². The molecule has 1 N–H and O–H groups in total.